The lowest BCUT2D eigenvalue weighted by Gasteiger charge is -2.22. The first-order valence-corrected chi connectivity index (χ1v) is 6.71. The van der Waals surface area contributed by atoms with E-state index < -0.39 is 0 Å². The van der Waals surface area contributed by atoms with Crippen molar-refractivity contribution in [3.8, 4) is 5.75 Å². The largest absolute Gasteiger partial charge is 0.491 e. The molecule has 0 amide bonds. The Morgan fingerprint density at radius 1 is 1.29 bits per heavy atom. The Bertz CT molecular complexity index is 415. The maximum Gasteiger partial charge on any atom is 0.142 e. The lowest BCUT2D eigenvalue weighted by molar-refractivity contribution is 0.196. The number of anilines is 1. The Balaban J connectivity index is 1.60. The van der Waals surface area contributed by atoms with E-state index in [2.05, 4.69) is 13.0 Å². The molecular weight excluding hydrogens is 210 g/mol. The molecular formula is C15H21NO. The highest BCUT2D eigenvalue weighted by Crippen LogP contribution is 2.48. The van der Waals surface area contributed by atoms with Crippen LogP contribution in [0.5, 0.6) is 5.75 Å². The highest BCUT2D eigenvalue weighted by atomic mass is 16.5. The van der Waals surface area contributed by atoms with Crippen LogP contribution in [0.4, 0.5) is 5.69 Å². The van der Waals surface area contributed by atoms with Gasteiger partial charge < -0.3 is 10.5 Å². The number of benzene rings is 1. The van der Waals surface area contributed by atoms with Crippen LogP contribution in [0.15, 0.2) is 18.2 Å². The van der Waals surface area contributed by atoms with Gasteiger partial charge in [-0.2, -0.15) is 0 Å². The Kier molecular flexibility index (Phi) is 2.73. The number of aryl methyl sites for hydroxylation is 1. The molecule has 0 saturated heterocycles. The minimum absolute atomic E-state index is 0.771. The molecule has 0 aromatic heterocycles. The molecule has 0 aliphatic heterocycles. The summed E-state index contributed by atoms with van der Waals surface area (Å²) in [6.45, 7) is 2.91. The molecule has 2 nitrogen and oxygen atoms in total. The summed E-state index contributed by atoms with van der Waals surface area (Å²) in [5.41, 5.74) is 7.92. The van der Waals surface area contributed by atoms with Crippen LogP contribution in [-0.2, 0) is 0 Å². The molecule has 2 bridgehead atoms. The number of fused-ring (bicyclic) bond motifs is 2. The summed E-state index contributed by atoms with van der Waals surface area (Å²) in [6, 6.07) is 6.04. The standard InChI is InChI=1S/C15H21NO/c1-10-2-5-15(14(16)6-10)17-9-13-8-11-3-4-12(13)7-11/h2,5-6,11-13H,3-4,7-9,16H2,1H3. The van der Waals surface area contributed by atoms with Crippen molar-refractivity contribution in [2.45, 2.75) is 32.6 Å². The Labute approximate surface area is 103 Å². The van der Waals surface area contributed by atoms with E-state index in [1.54, 1.807) is 0 Å². The predicted molar refractivity (Wildman–Crippen MR) is 70.0 cm³/mol. The second kappa shape index (κ2) is 4.25. The van der Waals surface area contributed by atoms with Crippen LogP contribution < -0.4 is 10.5 Å². The van der Waals surface area contributed by atoms with Crippen molar-refractivity contribution >= 4 is 5.69 Å². The van der Waals surface area contributed by atoms with Gasteiger partial charge in [0.25, 0.3) is 0 Å². The topological polar surface area (TPSA) is 35.2 Å². The number of hydrogen-bond acceptors (Lipinski definition) is 2. The maximum absolute atomic E-state index is 5.96. The molecule has 0 radical (unpaired) electrons. The van der Waals surface area contributed by atoms with Crippen molar-refractivity contribution in [2.24, 2.45) is 17.8 Å². The third-order valence-electron chi connectivity index (χ3n) is 4.50. The smallest absolute Gasteiger partial charge is 0.142 e. The van der Waals surface area contributed by atoms with Crippen LogP contribution in [0.1, 0.15) is 31.2 Å². The van der Waals surface area contributed by atoms with E-state index in [4.69, 9.17) is 10.5 Å². The summed E-state index contributed by atoms with van der Waals surface area (Å²) in [6.07, 6.45) is 5.68. The van der Waals surface area contributed by atoms with Gasteiger partial charge in [0.15, 0.2) is 0 Å². The van der Waals surface area contributed by atoms with Gasteiger partial charge in [0.1, 0.15) is 5.75 Å². The zero-order valence-electron chi connectivity index (χ0n) is 10.5. The summed E-state index contributed by atoms with van der Waals surface area (Å²) < 4.78 is 5.90. The number of rotatable bonds is 3. The molecule has 2 heteroatoms. The van der Waals surface area contributed by atoms with Crippen LogP contribution in [-0.4, -0.2) is 6.61 Å². The van der Waals surface area contributed by atoms with Gasteiger partial charge in [-0.05, 0) is 61.6 Å². The van der Waals surface area contributed by atoms with Gasteiger partial charge in [-0.1, -0.05) is 12.5 Å². The van der Waals surface area contributed by atoms with Crippen molar-refractivity contribution in [3.05, 3.63) is 23.8 Å². The molecule has 0 heterocycles. The highest BCUT2D eigenvalue weighted by Gasteiger charge is 2.39. The molecule has 3 unspecified atom stereocenters. The van der Waals surface area contributed by atoms with Crippen LogP contribution in [0.2, 0.25) is 0 Å². The van der Waals surface area contributed by atoms with Crippen molar-refractivity contribution in [3.63, 3.8) is 0 Å². The molecule has 3 rings (SSSR count). The summed E-state index contributed by atoms with van der Waals surface area (Å²) >= 11 is 0. The van der Waals surface area contributed by atoms with Crippen molar-refractivity contribution in [1.82, 2.24) is 0 Å². The Morgan fingerprint density at radius 3 is 2.82 bits per heavy atom. The normalized spacial score (nSPS) is 30.8. The summed E-state index contributed by atoms with van der Waals surface area (Å²) in [5, 5.41) is 0. The first-order valence-electron chi connectivity index (χ1n) is 6.71. The fraction of sp³-hybridized carbons (Fsp3) is 0.600. The van der Waals surface area contributed by atoms with Gasteiger partial charge in [-0.15, -0.1) is 0 Å². The summed E-state index contributed by atoms with van der Waals surface area (Å²) in [4.78, 5) is 0. The third kappa shape index (κ3) is 2.13. The lowest BCUT2D eigenvalue weighted by Crippen LogP contribution is -2.18. The molecule has 2 N–H and O–H groups in total. The third-order valence-corrected chi connectivity index (χ3v) is 4.50. The van der Waals surface area contributed by atoms with Crippen LogP contribution >= 0.6 is 0 Å². The molecule has 17 heavy (non-hydrogen) atoms. The quantitative estimate of drug-likeness (QED) is 0.809. The zero-order chi connectivity index (χ0) is 11.8. The van der Waals surface area contributed by atoms with Gasteiger partial charge in [0.2, 0.25) is 0 Å². The monoisotopic (exact) mass is 231 g/mol. The zero-order valence-corrected chi connectivity index (χ0v) is 10.5. The SMILES string of the molecule is Cc1ccc(OCC2CC3CCC2C3)c(N)c1. The molecule has 2 fully saturated rings. The molecule has 2 aliphatic rings. The van der Waals surface area contributed by atoms with E-state index >= 15 is 0 Å². The van der Waals surface area contributed by atoms with Gasteiger partial charge in [0, 0.05) is 0 Å². The number of nitrogens with two attached hydrogens (primary N) is 1. The highest BCUT2D eigenvalue weighted by molar-refractivity contribution is 5.54. The van der Waals surface area contributed by atoms with Crippen molar-refractivity contribution in [2.75, 3.05) is 12.3 Å². The second-order valence-electron chi connectivity index (χ2n) is 5.79. The minimum Gasteiger partial charge on any atom is -0.491 e. The first kappa shape index (κ1) is 10.9. The molecule has 92 valence electrons. The maximum atomic E-state index is 5.96. The Hall–Kier alpha value is -1.18. The first-order chi connectivity index (χ1) is 8.22. The van der Waals surface area contributed by atoms with E-state index in [1.807, 2.05) is 12.1 Å². The van der Waals surface area contributed by atoms with Gasteiger partial charge >= 0.3 is 0 Å². The van der Waals surface area contributed by atoms with Gasteiger partial charge in [-0.25, -0.2) is 0 Å². The predicted octanol–water partition coefficient (Wildman–Crippen LogP) is 3.39. The van der Waals surface area contributed by atoms with Crippen molar-refractivity contribution < 1.29 is 4.74 Å². The molecule has 2 aliphatic carbocycles. The van der Waals surface area contributed by atoms with Crippen LogP contribution in [0, 0.1) is 24.7 Å². The lowest BCUT2D eigenvalue weighted by atomic mass is 9.89. The van der Waals surface area contributed by atoms with Gasteiger partial charge in [0.05, 0.1) is 12.3 Å². The van der Waals surface area contributed by atoms with Crippen LogP contribution in [0.3, 0.4) is 0 Å². The van der Waals surface area contributed by atoms with Crippen molar-refractivity contribution in [1.29, 1.82) is 0 Å². The molecule has 3 atom stereocenters. The van der Waals surface area contributed by atoms with Gasteiger partial charge in [-0.3, -0.25) is 0 Å². The summed E-state index contributed by atoms with van der Waals surface area (Å²) in [5.74, 6) is 3.54. The molecule has 2 saturated carbocycles. The second-order valence-corrected chi connectivity index (χ2v) is 5.79. The van der Waals surface area contributed by atoms with E-state index in [0.29, 0.717) is 0 Å². The fourth-order valence-corrected chi connectivity index (χ4v) is 3.58. The molecule has 0 spiro atoms. The Morgan fingerprint density at radius 2 is 2.18 bits per heavy atom. The van der Waals surface area contributed by atoms with E-state index in [0.717, 1.165) is 35.8 Å². The van der Waals surface area contributed by atoms with E-state index in [-0.39, 0.29) is 0 Å². The van der Waals surface area contributed by atoms with E-state index in [1.165, 1.54) is 31.2 Å². The molecule has 1 aromatic rings. The average Bonchev–Trinajstić information content (AvgIpc) is 2.89. The number of ether oxygens (including phenoxy) is 1. The van der Waals surface area contributed by atoms with Crippen LogP contribution in [0.25, 0.3) is 0 Å². The molecule has 1 aromatic carbocycles. The average molecular weight is 231 g/mol. The fourth-order valence-electron chi connectivity index (χ4n) is 3.58. The summed E-state index contributed by atoms with van der Waals surface area (Å²) in [7, 11) is 0. The minimum atomic E-state index is 0.771. The number of nitrogen functional groups attached to an aromatic ring is 1. The van der Waals surface area contributed by atoms with E-state index in [9.17, 15) is 0 Å². The number of hydrogen-bond donors (Lipinski definition) is 1.